The lowest BCUT2D eigenvalue weighted by Crippen LogP contribution is -2.54. The highest BCUT2D eigenvalue weighted by Crippen LogP contribution is 2.15. The lowest BCUT2D eigenvalue weighted by molar-refractivity contribution is -0.134. The van der Waals surface area contributed by atoms with Crippen molar-refractivity contribution in [1.82, 2.24) is 14.1 Å². The van der Waals surface area contributed by atoms with Crippen LogP contribution in [-0.2, 0) is 14.8 Å². The van der Waals surface area contributed by atoms with Gasteiger partial charge in [-0.05, 0) is 12.3 Å². The van der Waals surface area contributed by atoms with Gasteiger partial charge >= 0.3 is 0 Å². The second kappa shape index (κ2) is 6.60. The van der Waals surface area contributed by atoms with Crippen LogP contribution in [0.4, 0.5) is 0 Å². The molecule has 0 aromatic carbocycles. The Balaban J connectivity index is 1.80. The van der Waals surface area contributed by atoms with E-state index < -0.39 is 10.0 Å². The van der Waals surface area contributed by atoms with E-state index >= 15 is 0 Å². The summed E-state index contributed by atoms with van der Waals surface area (Å²) in [7, 11) is -3.14. The highest BCUT2D eigenvalue weighted by Gasteiger charge is 2.29. The molecule has 0 spiro atoms. The van der Waals surface area contributed by atoms with E-state index in [4.69, 9.17) is 5.73 Å². The topological polar surface area (TPSA) is 87.0 Å². The predicted octanol–water partition coefficient (Wildman–Crippen LogP) is -1.24. The van der Waals surface area contributed by atoms with Gasteiger partial charge < -0.3 is 10.6 Å². The maximum absolute atomic E-state index is 12.3. The second-order valence-corrected chi connectivity index (χ2v) is 8.19. The summed E-state index contributed by atoms with van der Waals surface area (Å²) in [5, 5.41) is 0. The zero-order valence-corrected chi connectivity index (χ0v) is 13.7. The number of nitrogens with two attached hydrogens (primary N) is 1. The van der Waals surface area contributed by atoms with E-state index in [-0.39, 0.29) is 11.9 Å². The van der Waals surface area contributed by atoms with Gasteiger partial charge in [0.1, 0.15) is 0 Å². The van der Waals surface area contributed by atoms with Gasteiger partial charge in [0.2, 0.25) is 15.9 Å². The number of piperazine rings is 1. The second-order valence-electron chi connectivity index (χ2n) is 6.21. The molecule has 8 heteroatoms. The number of carbonyl (C=O) groups is 1. The molecule has 0 saturated carbocycles. The minimum atomic E-state index is -3.14. The van der Waals surface area contributed by atoms with Crippen LogP contribution in [0.25, 0.3) is 0 Å². The van der Waals surface area contributed by atoms with E-state index in [0.717, 1.165) is 19.5 Å². The summed E-state index contributed by atoms with van der Waals surface area (Å²) in [6.45, 7) is 6.00. The summed E-state index contributed by atoms with van der Waals surface area (Å²) in [6.07, 6.45) is 2.14. The van der Waals surface area contributed by atoms with Gasteiger partial charge in [-0.2, -0.15) is 4.31 Å². The number of nitrogens with zero attached hydrogens (tertiary/aromatic N) is 3. The molecular formula is C13H26N4O3S. The molecule has 0 aliphatic carbocycles. The zero-order chi connectivity index (χ0) is 15.6. The van der Waals surface area contributed by atoms with Crippen LogP contribution in [0.15, 0.2) is 0 Å². The van der Waals surface area contributed by atoms with Crippen LogP contribution in [0, 0.1) is 5.92 Å². The lowest BCUT2D eigenvalue weighted by Gasteiger charge is -2.37. The molecule has 0 radical (unpaired) electrons. The number of sulfonamides is 1. The third kappa shape index (κ3) is 4.38. The van der Waals surface area contributed by atoms with E-state index in [0.29, 0.717) is 38.6 Å². The van der Waals surface area contributed by atoms with E-state index in [1.54, 1.807) is 4.90 Å². The van der Waals surface area contributed by atoms with E-state index in [1.807, 2.05) is 0 Å². The lowest BCUT2D eigenvalue weighted by atomic mass is 9.95. The van der Waals surface area contributed by atoms with Crippen LogP contribution in [0.1, 0.15) is 13.3 Å². The normalized spacial score (nSPS) is 29.6. The molecule has 2 heterocycles. The van der Waals surface area contributed by atoms with Crippen molar-refractivity contribution in [3.05, 3.63) is 0 Å². The first-order valence-electron chi connectivity index (χ1n) is 7.48. The maximum atomic E-state index is 12.3. The number of likely N-dealkylation sites (tertiary alicyclic amines) is 1. The average Bonchev–Trinajstić information content (AvgIpc) is 2.42. The van der Waals surface area contributed by atoms with Crippen LogP contribution in [0.3, 0.4) is 0 Å². The van der Waals surface area contributed by atoms with Crippen LogP contribution >= 0.6 is 0 Å². The molecule has 2 atom stereocenters. The van der Waals surface area contributed by atoms with Gasteiger partial charge in [0.25, 0.3) is 0 Å². The first-order chi connectivity index (χ1) is 9.77. The highest BCUT2D eigenvalue weighted by molar-refractivity contribution is 7.88. The van der Waals surface area contributed by atoms with Crippen molar-refractivity contribution in [2.45, 2.75) is 19.4 Å². The van der Waals surface area contributed by atoms with Crippen molar-refractivity contribution in [2.24, 2.45) is 11.7 Å². The first-order valence-corrected chi connectivity index (χ1v) is 9.33. The molecule has 2 unspecified atom stereocenters. The van der Waals surface area contributed by atoms with Gasteiger partial charge in [0, 0.05) is 45.3 Å². The highest BCUT2D eigenvalue weighted by atomic mass is 32.2. The Labute approximate surface area is 127 Å². The van der Waals surface area contributed by atoms with Gasteiger partial charge in [-0.25, -0.2) is 8.42 Å². The van der Waals surface area contributed by atoms with Crippen LogP contribution < -0.4 is 5.73 Å². The third-order valence-corrected chi connectivity index (χ3v) is 5.78. The summed E-state index contributed by atoms with van der Waals surface area (Å²) in [5.74, 6) is 0.499. The molecule has 2 aliphatic rings. The minimum absolute atomic E-state index is 0.0887. The fourth-order valence-electron chi connectivity index (χ4n) is 2.95. The van der Waals surface area contributed by atoms with E-state index in [9.17, 15) is 13.2 Å². The van der Waals surface area contributed by atoms with Gasteiger partial charge in [-0.3, -0.25) is 9.69 Å². The minimum Gasteiger partial charge on any atom is -0.339 e. The number of rotatable bonds is 3. The zero-order valence-electron chi connectivity index (χ0n) is 12.9. The van der Waals surface area contributed by atoms with Gasteiger partial charge in [-0.1, -0.05) is 6.92 Å². The largest absolute Gasteiger partial charge is 0.339 e. The Hall–Kier alpha value is -0.700. The fraction of sp³-hybridized carbons (Fsp3) is 0.923. The first kappa shape index (κ1) is 16.7. The summed E-state index contributed by atoms with van der Waals surface area (Å²) in [5.41, 5.74) is 5.99. The molecule has 21 heavy (non-hydrogen) atoms. The van der Waals surface area contributed by atoms with Crippen molar-refractivity contribution in [2.75, 3.05) is 52.1 Å². The molecule has 2 N–H and O–H groups in total. The van der Waals surface area contributed by atoms with Crippen molar-refractivity contribution in [3.8, 4) is 0 Å². The van der Waals surface area contributed by atoms with Crippen LogP contribution in [0.5, 0.6) is 0 Å². The van der Waals surface area contributed by atoms with E-state index in [1.165, 1.54) is 10.6 Å². The van der Waals surface area contributed by atoms with Gasteiger partial charge in [-0.15, -0.1) is 0 Å². The summed E-state index contributed by atoms with van der Waals surface area (Å²) < 4.78 is 24.3. The Morgan fingerprint density at radius 2 is 1.81 bits per heavy atom. The molecule has 122 valence electrons. The smallest absolute Gasteiger partial charge is 0.236 e. The summed E-state index contributed by atoms with van der Waals surface area (Å²) in [6, 6.07) is 0.231. The molecule has 0 aromatic rings. The number of piperidine rings is 1. The molecular weight excluding hydrogens is 292 g/mol. The molecule has 2 fully saturated rings. The van der Waals surface area contributed by atoms with E-state index in [2.05, 4.69) is 11.8 Å². The fourth-order valence-corrected chi connectivity index (χ4v) is 3.78. The number of carbonyl (C=O) groups excluding carboxylic acids is 1. The molecule has 1 amide bonds. The van der Waals surface area contributed by atoms with Crippen molar-refractivity contribution in [3.63, 3.8) is 0 Å². The Bertz CT molecular complexity index is 474. The molecule has 7 nitrogen and oxygen atoms in total. The Morgan fingerprint density at radius 3 is 2.33 bits per heavy atom. The molecule has 2 rings (SSSR count). The third-order valence-electron chi connectivity index (χ3n) is 4.47. The maximum Gasteiger partial charge on any atom is 0.236 e. The molecule has 2 saturated heterocycles. The SMILES string of the molecule is CC1CN(CC(=O)N2CCN(S(C)(=O)=O)CC2)CCC1N. The quantitative estimate of drug-likeness (QED) is 0.703. The molecule has 0 bridgehead atoms. The standard InChI is InChI=1S/C13H26N4O3S/c1-11-9-15(4-3-12(11)14)10-13(18)16-5-7-17(8-6-16)21(2,19)20/h11-12H,3-10,14H2,1-2H3. The summed E-state index contributed by atoms with van der Waals surface area (Å²) >= 11 is 0. The average molecular weight is 318 g/mol. The molecule has 2 aliphatic heterocycles. The van der Waals surface area contributed by atoms with Crippen LogP contribution in [-0.4, -0.2) is 86.5 Å². The van der Waals surface area contributed by atoms with Crippen molar-refractivity contribution >= 4 is 15.9 Å². The van der Waals surface area contributed by atoms with Crippen molar-refractivity contribution < 1.29 is 13.2 Å². The number of hydrogen-bond donors (Lipinski definition) is 1. The number of amides is 1. The number of hydrogen-bond acceptors (Lipinski definition) is 5. The van der Waals surface area contributed by atoms with Gasteiger partial charge in [0.15, 0.2) is 0 Å². The van der Waals surface area contributed by atoms with Crippen LogP contribution in [0.2, 0.25) is 0 Å². The van der Waals surface area contributed by atoms with Gasteiger partial charge in [0.05, 0.1) is 12.8 Å². The monoisotopic (exact) mass is 318 g/mol. The Morgan fingerprint density at radius 1 is 1.19 bits per heavy atom. The predicted molar refractivity (Wildman–Crippen MR) is 81.2 cm³/mol. The summed E-state index contributed by atoms with van der Waals surface area (Å²) in [4.78, 5) is 16.2. The Kier molecular flexibility index (Phi) is 5.24. The molecule has 0 aromatic heterocycles. The van der Waals surface area contributed by atoms with Crippen molar-refractivity contribution in [1.29, 1.82) is 0 Å².